The molecule has 0 saturated carbocycles. The van der Waals surface area contributed by atoms with Gasteiger partial charge in [0.15, 0.2) is 0 Å². The number of rotatable bonds is 3. The third kappa shape index (κ3) is 2.15. The van der Waals surface area contributed by atoms with Gasteiger partial charge in [0.05, 0.1) is 19.6 Å². The van der Waals surface area contributed by atoms with Gasteiger partial charge in [0.2, 0.25) is 0 Å². The zero-order valence-electron chi connectivity index (χ0n) is 12.2. The number of aliphatic hydroxyl groups is 1. The van der Waals surface area contributed by atoms with Crippen LogP contribution in [0.3, 0.4) is 0 Å². The molecule has 3 heteroatoms. The summed E-state index contributed by atoms with van der Waals surface area (Å²) in [5.74, 6) is 1.01. The first kappa shape index (κ1) is 13.5. The van der Waals surface area contributed by atoms with Gasteiger partial charge in [0, 0.05) is 23.6 Å². The van der Waals surface area contributed by atoms with Crippen LogP contribution in [-0.4, -0.2) is 24.7 Å². The van der Waals surface area contributed by atoms with Gasteiger partial charge >= 0.3 is 0 Å². The maximum absolute atomic E-state index is 11.8. The molecule has 3 fully saturated rings. The van der Waals surface area contributed by atoms with E-state index in [1.165, 1.54) is 25.9 Å². The predicted octanol–water partition coefficient (Wildman–Crippen LogP) is 1.91. The summed E-state index contributed by atoms with van der Waals surface area (Å²) < 4.78 is 0. The van der Waals surface area contributed by atoms with Crippen molar-refractivity contribution in [3.63, 3.8) is 0 Å². The highest BCUT2D eigenvalue weighted by atomic mass is 32.1. The van der Waals surface area contributed by atoms with Gasteiger partial charge in [-0.15, -0.1) is 11.3 Å². The second-order valence-electron chi connectivity index (χ2n) is 6.51. The molecule has 0 spiro atoms. The highest BCUT2D eigenvalue weighted by Gasteiger charge is 2.51. The fraction of sp³-hybridized carbons (Fsp3) is 0.444. The molecule has 2 bridgehead atoms. The monoisotopic (exact) mass is 300 g/mol. The molecule has 2 nitrogen and oxygen atoms in total. The Balaban J connectivity index is 1.81. The molecule has 5 rings (SSSR count). The van der Waals surface area contributed by atoms with Crippen LogP contribution in [0, 0.1) is 11.8 Å². The minimum absolute atomic E-state index is 0.344. The Bertz CT molecular complexity index is 589. The van der Waals surface area contributed by atoms with Crippen LogP contribution in [0.4, 0.5) is 0 Å². The van der Waals surface area contributed by atoms with Gasteiger partial charge in [-0.05, 0) is 22.9 Å². The average Bonchev–Trinajstić information content (AvgIpc) is 3.11. The molecule has 21 heavy (non-hydrogen) atoms. The van der Waals surface area contributed by atoms with E-state index in [0.29, 0.717) is 11.8 Å². The van der Waals surface area contributed by atoms with Gasteiger partial charge in [-0.3, -0.25) is 0 Å². The normalized spacial score (nSPS) is 31.0. The summed E-state index contributed by atoms with van der Waals surface area (Å²) >= 11 is 1.69. The van der Waals surface area contributed by atoms with Gasteiger partial charge in [-0.2, -0.15) is 0 Å². The Hall–Kier alpha value is -1.16. The number of benzene rings is 1. The lowest BCUT2D eigenvalue weighted by molar-refractivity contribution is -0.922. The molecule has 2 N–H and O–H groups in total. The minimum atomic E-state index is -0.813. The maximum atomic E-state index is 11.8. The Kier molecular flexibility index (Phi) is 3.37. The van der Waals surface area contributed by atoms with E-state index in [1.54, 1.807) is 16.2 Å². The third-order valence-electron chi connectivity index (χ3n) is 5.46. The quantitative estimate of drug-likeness (QED) is 0.889. The summed E-state index contributed by atoms with van der Waals surface area (Å²) in [4.78, 5) is 2.78. The highest BCUT2D eigenvalue weighted by molar-refractivity contribution is 7.10. The van der Waals surface area contributed by atoms with E-state index in [9.17, 15) is 5.11 Å². The van der Waals surface area contributed by atoms with Crippen molar-refractivity contribution in [2.75, 3.05) is 19.6 Å². The van der Waals surface area contributed by atoms with E-state index in [1.807, 2.05) is 18.2 Å². The second-order valence-corrected chi connectivity index (χ2v) is 7.46. The molecule has 3 saturated heterocycles. The molecular weight excluding hydrogens is 278 g/mol. The molecule has 3 aliphatic rings. The summed E-state index contributed by atoms with van der Waals surface area (Å²) in [6, 6.07) is 14.5. The lowest BCUT2D eigenvalue weighted by atomic mass is 9.67. The average molecular weight is 300 g/mol. The topological polar surface area (TPSA) is 24.7 Å². The van der Waals surface area contributed by atoms with E-state index < -0.39 is 5.60 Å². The summed E-state index contributed by atoms with van der Waals surface area (Å²) in [5, 5.41) is 13.9. The van der Waals surface area contributed by atoms with Gasteiger partial charge in [-0.25, -0.2) is 0 Å². The smallest absolute Gasteiger partial charge is 0.132 e. The van der Waals surface area contributed by atoms with Crippen molar-refractivity contribution in [3.8, 4) is 0 Å². The van der Waals surface area contributed by atoms with Gasteiger partial charge in [-0.1, -0.05) is 36.4 Å². The SMILES string of the molecule is OC(c1ccccc1)(c1cccs1)C1C[NH+]2CCC1CC2. The number of hydrogen-bond donors (Lipinski definition) is 2. The maximum Gasteiger partial charge on any atom is 0.132 e. The first-order chi connectivity index (χ1) is 10.3. The predicted molar refractivity (Wildman–Crippen MR) is 85.5 cm³/mol. The van der Waals surface area contributed by atoms with Crippen LogP contribution < -0.4 is 4.90 Å². The Morgan fingerprint density at radius 2 is 1.81 bits per heavy atom. The van der Waals surface area contributed by atoms with Crippen molar-refractivity contribution >= 4 is 11.3 Å². The van der Waals surface area contributed by atoms with Crippen LogP contribution >= 0.6 is 11.3 Å². The standard InChI is InChI=1S/C18H21NOS/c20-18(17-7-4-12-21-17,15-5-2-1-3-6-15)16-13-19-10-8-14(16)9-11-19/h1-7,12,14,16,20H,8-11,13H2/p+1. The number of nitrogens with one attached hydrogen (secondary N) is 1. The number of piperidine rings is 3. The molecule has 0 amide bonds. The van der Waals surface area contributed by atoms with E-state index in [2.05, 4.69) is 29.6 Å². The lowest BCUT2D eigenvalue weighted by Gasteiger charge is -2.48. The van der Waals surface area contributed by atoms with Crippen LogP contribution in [-0.2, 0) is 5.60 Å². The van der Waals surface area contributed by atoms with E-state index >= 15 is 0 Å². The molecule has 4 heterocycles. The van der Waals surface area contributed by atoms with Gasteiger partial charge in [0.1, 0.15) is 5.60 Å². The number of fused-ring (bicyclic) bond motifs is 3. The fourth-order valence-electron chi connectivity index (χ4n) is 4.35. The molecule has 2 atom stereocenters. The summed E-state index contributed by atoms with van der Waals surface area (Å²) in [7, 11) is 0. The molecule has 1 aromatic carbocycles. The first-order valence-corrected chi connectivity index (χ1v) is 8.82. The van der Waals surface area contributed by atoms with E-state index in [4.69, 9.17) is 0 Å². The minimum Gasteiger partial charge on any atom is -0.379 e. The Morgan fingerprint density at radius 1 is 1.05 bits per heavy atom. The number of thiophene rings is 1. The summed E-state index contributed by atoms with van der Waals surface area (Å²) in [6.45, 7) is 3.68. The van der Waals surface area contributed by atoms with Crippen molar-refractivity contribution < 1.29 is 10.0 Å². The van der Waals surface area contributed by atoms with Crippen LogP contribution in [0.1, 0.15) is 23.3 Å². The van der Waals surface area contributed by atoms with Crippen LogP contribution in [0.25, 0.3) is 0 Å². The van der Waals surface area contributed by atoms with Crippen molar-refractivity contribution in [1.29, 1.82) is 0 Å². The number of quaternary nitrogens is 1. The van der Waals surface area contributed by atoms with Crippen molar-refractivity contribution in [2.24, 2.45) is 11.8 Å². The number of hydrogen-bond acceptors (Lipinski definition) is 2. The van der Waals surface area contributed by atoms with Crippen molar-refractivity contribution in [2.45, 2.75) is 18.4 Å². The molecule has 3 aliphatic heterocycles. The zero-order valence-corrected chi connectivity index (χ0v) is 13.0. The van der Waals surface area contributed by atoms with Crippen LogP contribution in [0.5, 0.6) is 0 Å². The Morgan fingerprint density at radius 3 is 2.38 bits per heavy atom. The van der Waals surface area contributed by atoms with Crippen LogP contribution in [0.15, 0.2) is 47.8 Å². The molecule has 1 aromatic heterocycles. The van der Waals surface area contributed by atoms with Crippen molar-refractivity contribution in [3.05, 3.63) is 58.3 Å². The lowest BCUT2D eigenvalue weighted by Crippen LogP contribution is -3.16. The van der Waals surface area contributed by atoms with Gasteiger partial charge < -0.3 is 10.0 Å². The van der Waals surface area contributed by atoms with Gasteiger partial charge in [0.25, 0.3) is 0 Å². The molecule has 0 radical (unpaired) electrons. The Labute approximate surface area is 130 Å². The summed E-state index contributed by atoms with van der Waals surface area (Å²) in [6.07, 6.45) is 2.53. The fourth-order valence-corrected chi connectivity index (χ4v) is 5.26. The molecular formula is C18H22NOS+. The van der Waals surface area contributed by atoms with E-state index in [-0.39, 0.29) is 0 Å². The molecule has 2 aromatic rings. The van der Waals surface area contributed by atoms with E-state index in [0.717, 1.165) is 17.0 Å². The molecule has 110 valence electrons. The second kappa shape index (κ2) is 5.24. The molecule has 0 aliphatic carbocycles. The molecule has 2 unspecified atom stereocenters. The zero-order chi connectivity index (χ0) is 14.3. The summed E-state index contributed by atoms with van der Waals surface area (Å²) in [5.41, 5.74) is 0.247. The first-order valence-electron chi connectivity index (χ1n) is 7.94. The largest absolute Gasteiger partial charge is 0.379 e. The highest BCUT2D eigenvalue weighted by Crippen LogP contribution is 2.45. The third-order valence-corrected chi connectivity index (χ3v) is 6.46. The van der Waals surface area contributed by atoms with Crippen molar-refractivity contribution in [1.82, 2.24) is 0 Å². The van der Waals surface area contributed by atoms with Crippen LogP contribution in [0.2, 0.25) is 0 Å².